The number of anilines is 1. The van der Waals surface area contributed by atoms with Crippen LogP contribution in [0.15, 0.2) is 9.53 Å². The van der Waals surface area contributed by atoms with Crippen LogP contribution in [0.5, 0.6) is 0 Å². The van der Waals surface area contributed by atoms with Crippen molar-refractivity contribution in [1.29, 1.82) is 0 Å². The third-order valence-electron chi connectivity index (χ3n) is 3.51. The molecule has 0 aromatic carbocycles. The van der Waals surface area contributed by atoms with Crippen molar-refractivity contribution in [2.75, 3.05) is 31.1 Å². The highest BCUT2D eigenvalue weighted by atomic mass is 79.9. The molecule has 7 nitrogen and oxygen atoms in total. The van der Waals surface area contributed by atoms with E-state index in [0.717, 1.165) is 44.7 Å². The van der Waals surface area contributed by atoms with E-state index in [-0.39, 0.29) is 5.56 Å². The van der Waals surface area contributed by atoms with Crippen LogP contribution in [0.25, 0.3) is 5.78 Å². The van der Waals surface area contributed by atoms with Crippen LogP contribution in [0, 0.1) is 0 Å². The van der Waals surface area contributed by atoms with Crippen molar-refractivity contribution in [3.63, 3.8) is 0 Å². The molecule has 0 amide bonds. The third-order valence-corrected chi connectivity index (χ3v) is 3.86. The number of aromatic amines is 1. The molecule has 1 aliphatic rings. The van der Waals surface area contributed by atoms with Gasteiger partial charge in [-0.25, -0.2) is 4.98 Å². The number of nitrogens with zero attached hydrogens (tertiary/aromatic N) is 4. The smallest absolute Gasteiger partial charge is 0.297 e. The molecule has 1 aliphatic heterocycles. The molecule has 1 saturated heterocycles. The quantitative estimate of drug-likeness (QED) is 0.834. The number of halogens is 1. The van der Waals surface area contributed by atoms with Gasteiger partial charge in [-0.1, -0.05) is 6.92 Å². The fraction of sp³-hybridized carbons (Fsp3) is 0.583. The Labute approximate surface area is 124 Å². The summed E-state index contributed by atoms with van der Waals surface area (Å²) in [5.74, 6) is 0.412. The van der Waals surface area contributed by atoms with Gasteiger partial charge in [-0.2, -0.15) is 9.50 Å². The van der Waals surface area contributed by atoms with E-state index in [1.807, 2.05) is 6.92 Å². The Morgan fingerprint density at radius 1 is 1.30 bits per heavy atom. The number of rotatable bonds is 2. The van der Waals surface area contributed by atoms with E-state index in [1.54, 1.807) is 0 Å². The summed E-state index contributed by atoms with van der Waals surface area (Å²) in [6.45, 7) is 5.59. The summed E-state index contributed by atoms with van der Waals surface area (Å²) in [7, 11) is 0. The van der Waals surface area contributed by atoms with Crippen LogP contribution < -0.4 is 15.8 Å². The molecule has 8 heteroatoms. The number of hydrogen-bond donors (Lipinski definition) is 2. The van der Waals surface area contributed by atoms with Crippen molar-refractivity contribution in [3.05, 3.63) is 20.8 Å². The molecule has 1 fully saturated rings. The van der Waals surface area contributed by atoms with Gasteiger partial charge in [0, 0.05) is 19.6 Å². The zero-order valence-electron chi connectivity index (χ0n) is 11.3. The maximum Gasteiger partial charge on any atom is 0.297 e. The summed E-state index contributed by atoms with van der Waals surface area (Å²) in [6.07, 6.45) is 1.74. The van der Waals surface area contributed by atoms with Gasteiger partial charge in [0.1, 0.15) is 5.69 Å². The van der Waals surface area contributed by atoms with Crippen molar-refractivity contribution in [2.24, 2.45) is 0 Å². The summed E-state index contributed by atoms with van der Waals surface area (Å²) in [4.78, 5) is 23.5. The van der Waals surface area contributed by atoms with E-state index in [0.29, 0.717) is 16.2 Å². The lowest BCUT2D eigenvalue weighted by molar-refractivity contribution is 0.724. The molecular weight excluding hydrogens is 324 g/mol. The lowest BCUT2D eigenvalue weighted by Gasteiger charge is -2.23. The fourth-order valence-electron chi connectivity index (χ4n) is 2.56. The average Bonchev–Trinajstić information content (AvgIpc) is 2.64. The van der Waals surface area contributed by atoms with Crippen LogP contribution in [-0.4, -0.2) is 45.8 Å². The van der Waals surface area contributed by atoms with E-state index in [4.69, 9.17) is 0 Å². The van der Waals surface area contributed by atoms with Gasteiger partial charge in [0.05, 0.1) is 5.69 Å². The fourth-order valence-corrected chi connectivity index (χ4v) is 2.89. The van der Waals surface area contributed by atoms with Gasteiger partial charge >= 0.3 is 0 Å². The first kappa shape index (κ1) is 13.6. The zero-order chi connectivity index (χ0) is 14.1. The minimum Gasteiger partial charge on any atom is -0.364 e. The van der Waals surface area contributed by atoms with Gasteiger partial charge < -0.3 is 10.2 Å². The van der Waals surface area contributed by atoms with Crippen molar-refractivity contribution in [1.82, 2.24) is 24.9 Å². The predicted molar refractivity (Wildman–Crippen MR) is 80.4 cm³/mol. The molecule has 0 radical (unpaired) electrons. The third kappa shape index (κ3) is 2.33. The Balaban J connectivity index is 2.16. The van der Waals surface area contributed by atoms with E-state index in [9.17, 15) is 4.79 Å². The molecule has 108 valence electrons. The normalized spacial score (nSPS) is 16.6. The van der Waals surface area contributed by atoms with Gasteiger partial charge in [0.15, 0.2) is 4.73 Å². The second kappa shape index (κ2) is 5.53. The van der Waals surface area contributed by atoms with Crippen LogP contribution in [-0.2, 0) is 6.42 Å². The molecule has 0 bridgehead atoms. The number of hydrogen-bond acceptors (Lipinski definition) is 5. The average molecular weight is 341 g/mol. The van der Waals surface area contributed by atoms with Crippen LogP contribution in [0.2, 0.25) is 0 Å². The minimum atomic E-state index is -0.0769. The molecule has 0 saturated carbocycles. The van der Waals surface area contributed by atoms with E-state index < -0.39 is 0 Å². The maximum atomic E-state index is 12.7. The molecule has 3 heterocycles. The molecule has 2 aromatic rings. The van der Waals surface area contributed by atoms with Crippen LogP contribution in [0.3, 0.4) is 0 Å². The molecule has 3 rings (SSSR count). The van der Waals surface area contributed by atoms with Gasteiger partial charge in [-0.05, 0) is 35.3 Å². The number of fused-ring (bicyclic) bond motifs is 1. The molecular formula is C12H17BrN6O. The summed E-state index contributed by atoms with van der Waals surface area (Å²) in [5.41, 5.74) is 1.44. The topological polar surface area (TPSA) is 78.3 Å². The molecule has 2 N–H and O–H groups in total. The minimum absolute atomic E-state index is 0.0769. The van der Waals surface area contributed by atoms with Crippen molar-refractivity contribution in [3.8, 4) is 0 Å². The first-order valence-electron chi connectivity index (χ1n) is 6.83. The summed E-state index contributed by atoms with van der Waals surface area (Å²) in [5, 5.41) is 6.22. The first-order chi connectivity index (χ1) is 9.70. The van der Waals surface area contributed by atoms with Gasteiger partial charge in [0.25, 0.3) is 11.3 Å². The Morgan fingerprint density at radius 2 is 2.15 bits per heavy atom. The predicted octanol–water partition coefficient (Wildman–Crippen LogP) is 0.542. The molecule has 0 aliphatic carbocycles. The Bertz CT molecular complexity index is 670. The maximum absolute atomic E-state index is 12.7. The number of aromatic nitrogens is 4. The second-order valence-electron chi connectivity index (χ2n) is 4.81. The molecule has 20 heavy (non-hydrogen) atoms. The first-order valence-corrected chi connectivity index (χ1v) is 7.63. The highest BCUT2D eigenvalue weighted by Gasteiger charge is 2.20. The Morgan fingerprint density at radius 3 is 2.95 bits per heavy atom. The standard InChI is InChI=1S/C12H17BrN6O/c1-2-8-9(18-6-3-4-14-5-7-18)10(20)19-12(15-8)16-11(13)17-19/h14H,2-7H2,1H3,(H,15,16,17). The van der Waals surface area contributed by atoms with E-state index >= 15 is 0 Å². The van der Waals surface area contributed by atoms with Gasteiger partial charge in [-0.15, -0.1) is 0 Å². The number of aryl methyl sites for hydroxylation is 1. The lowest BCUT2D eigenvalue weighted by Crippen LogP contribution is -2.35. The lowest BCUT2D eigenvalue weighted by atomic mass is 10.2. The summed E-state index contributed by atoms with van der Waals surface area (Å²) >= 11 is 3.25. The van der Waals surface area contributed by atoms with Crippen LogP contribution in [0.4, 0.5) is 5.69 Å². The highest BCUT2D eigenvalue weighted by molar-refractivity contribution is 9.10. The molecule has 0 unspecified atom stereocenters. The highest BCUT2D eigenvalue weighted by Crippen LogP contribution is 2.17. The van der Waals surface area contributed by atoms with E-state index in [1.165, 1.54) is 4.52 Å². The van der Waals surface area contributed by atoms with Crippen LogP contribution >= 0.6 is 15.9 Å². The van der Waals surface area contributed by atoms with Gasteiger partial charge in [0.2, 0.25) is 0 Å². The van der Waals surface area contributed by atoms with Crippen molar-refractivity contribution < 1.29 is 0 Å². The summed E-state index contributed by atoms with van der Waals surface area (Å²) in [6, 6.07) is 0. The van der Waals surface area contributed by atoms with Crippen molar-refractivity contribution in [2.45, 2.75) is 19.8 Å². The SMILES string of the molecule is CCc1nc2nc(Br)[nH]n2c(=O)c1N1CCCNCC1. The van der Waals surface area contributed by atoms with Crippen LogP contribution in [0.1, 0.15) is 19.0 Å². The second-order valence-corrected chi connectivity index (χ2v) is 5.56. The largest absolute Gasteiger partial charge is 0.364 e. The van der Waals surface area contributed by atoms with E-state index in [2.05, 4.69) is 41.2 Å². The zero-order valence-corrected chi connectivity index (χ0v) is 12.9. The number of H-pyrrole nitrogens is 1. The molecule has 0 atom stereocenters. The molecule has 0 spiro atoms. The monoisotopic (exact) mass is 340 g/mol. The van der Waals surface area contributed by atoms with Gasteiger partial charge in [-0.3, -0.25) is 9.89 Å². The number of nitrogens with one attached hydrogen (secondary N) is 2. The Kier molecular flexibility index (Phi) is 3.75. The Hall–Kier alpha value is -1.41. The molecule has 2 aromatic heterocycles. The van der Waals surface area contributed by atoms with Crippen molar-refractivity contribution >= 4 is 27.4 Å². The summed E-state index contributed by atoms with van der Waals surface area (Å²) < 4.78 is 1.91.